The number of allylic oxidation sites excluding steroid dienone is 1. The van der Waals surface area contributed by atoms with Crippen LogP contribution in [-0.2, 0) is 11.3 Å². The van der Waals surface area contributed by atoms with Crippen molar-refractivity contribution in [3.8, 4) is 0 Å². The first-order valence-electron chi connectivity index (χ1n) is 8.75. The highest BCUT2D eigenvalue weighted by Gasteiger charge is 2.23. The van der Waals surface area contributed by atoms with Crippen molar-refractivity contribution in [1.82, 2.24) is 19.7 Å². The Hall–Kier alpha value is -1.67. The number of halogens is 1. The van der Waals surface area contributed by atoms with Crippen LogP contribution in [0.15, 0.2) is 40.6 Å². The molecule has 1 amide bonds. The molecule has 26 heavy (non-hydrogen) atoms. The third-order valence-corrected chi connectivity index (χ3v) is 5.79. The molecule has 2 heterocycles. The molecule has 1 fully saturated rings. The molecule has 0 saturated heterocycles. The zero-order valence-electron chi connectivity index (χ0n) is 14.5. The minimum atomic E-state index is -0.114. The molecule has 138 valence electrons. The van der Waals surface area contributed by atoms with E-state index < -0.39 is 0 Å². The maximum atomic E-state index is 12.2. The highest BCUT2D eigenvalue weighted by molar-refractivity contribution is 9.10. The fourth-order valence-electron chi connectivity index (χ4n) is 3.13. The summed E-state index contributed by atoms with van der Waals surface area (Å²) in [5.41, 5.74) is 0. The van der Waals surface area contributed by atoms with Gasteiger partial charge in [-0.15, -0.1) is 16.8 Å². The van der Waals surface area contributed by atoms with Crippen LogP contribution in [0.5, 0.6) is 0 Å². The number of hydrogen-bond acceptors (Lipinski definition) is 5. The van der Waals surface area contributed by atoms with Gasteiger partial charge in [-0.25, -0.2) is 4.98 Å². The molecule has 0 spiro atoms. The second-order valence-corrected chi connectivity index (χ2v) is 8.13. The van der Waals surface area contributed by atoms with Gasteiger partial charge in [0.05, 0.1) is 5.75 Å². The lowest BCUT2D eigenvalue weighted by Crippen LogP contribution is -2.16. The Labute approximate surface area is 166 Å². The van der Waals surface area contributed by atoms with E-state index >= 15 is 0 Å². The molecular weight excluding hydrogens is 414 g/mol. The highest BCUT2D eigenvalue weighted by atomic mass is 79.9. The Morgan fingerprint density at radius 1 is 1.35 bits per heavy atom. The third-order valence-electron chi connectivity index (χ3n) is 4.35. The van der Waals surface area contributed by atoms with E-state index in [0.29, 0.717) is 18.3 Å². The number of rotatable bonds is 7. The minimum absolute atomic E-state index is 0.114. The fourth-order valence-corrected chi connectivity index (χ4v) is 4.12. The SMILES string of the molecule is C=CCn1c(SCC(=O)Nc2ccc(Br)cn2)nnc1C1CCCCC1. The van der Waals surface area contributed by atoms with Crippen LogP contribution in [0, 0.1) is 0 Å². The van der Waals surface area contributed by atoms with E-state index in [-0.39, 0.29) is 11.7 Å². The second kappa shape index (κ2) is 9.32. The Morgan fingerprint density at radius 3 is 2.85 bits per heavy atom. The standard InChI is InChI=1S/C18H22BrN5OS/c1-2-10-24-17(13-6-4-3-5-7-13)22-23-18(24)26-12-16(25)21-15-9-8-14(19)11-20-15/h2,8-9,11,13H,1,3-7,10,12H2,(H,20,21,25). The highest BCUT2D eigenvalue weighted by Crippen LogP contribution is 2.33. The number of aromatic nitrogens is 4. The molecular formula is C18H22BrN5OS. The number of carbonyl (C=O) groups excluding carboxylic acids is 1. The number of anilines is 1. The maximum Gasteiger partial charge on any atom is 0.236 e. The van der Waals surface area contributed by atoms with Crippen LogP contribution in [-0.4, -0.2) is 31.4 Å². The molecule has 0 atom stereocenters. The largest absolute Gasteiger partial charge is 0.310 e. The second-order valence-electron chi connectivity index (χ2n) is 6.27. The van der Waals surface area contributed by atoms with Gasteiger partial charge in [-0.05, 0) is 40.9 Å². The van der Waals surface area contributed by atoms with Crippen molar-refractivity contribution in [2.45, 2.75) is 49.7 Å². The van der Waals surface area contributed by atoms with Gasteiger partial charge in [0, 0.05) is 23.1 Å². The molecule has 0 bridgehead atoms. The number of hydrogen-bond donors (Lipinski definition) is 1. The van der Waals surface area contributed by atoms with Crippen molar-refractivity contribution < 1.29 is 4.79 Å². The van der Waals surface area contributed by atoms with Gasteiger partial charge in [0.25, 0.3) is 0 Å². The Morgan fingerprint density at radius 2 is 2.15 bits per heavy atom. The van der Waals surface area contributed by atoms with Crippen LogP contribution in [0.1, 0.15) is 43.8 Å². The normalized spacial score (nSPS) is 15.0. The first-order chi connectivity index (χ1) is 12.7. The van der Waals surface area contributed by atoms with E-state index in [1.165, 1.54) is 31.0 Å². The Kier molecular flexibility index (Phi) is 6.85. The van der Waals surface area contributed by atoms with Crippen LogP contribution in [0.25, 0.3) is 0 Å². The molecule has 2 aromatic heterocycles. The van der Waals surface area contributed by atoms with Gasteiger partial charge in [-0.2, -0.15) is 0 Å². The molecule has 0 radical (unpaired) electrons. The molecule has 0 aliphatic heterocycles. The van der Waals surface area contributed by atoms with E-state index in [1.54, 1.807) is 12.3 Å². The summed E-state index contributed by atoms with van der Waals surface area (Å²) in [6.45, 7) is 4.51. The molecule has 0 unspecified atom stereocenters. The Bertz CT molecular complexity index is 755. The minimum Gasteiger partial charge on any atom is -0.310 e. The summed E-state index contributed by atoms with van der Waals surface area (Å²) < 4.78 is 2.97. The smallest absolute Gasteiger partial charge is 0.236 e. The molecule has 1 aliphatic carbocycles. The first kappa shape index (κ1) is 19.1. The number of carbonyl (C=O) groups is 1. The maximum absolute atomic E-state index is 12.2. The van der Waals surface area contributed by atoms with Gasteiger partial charge in [0.15, 0.2) is 5.16 Å². The van der Waals surface area contributed by atoms with Crippen molar-refractivity contribution in [1.29, 1.82) is 0 Å². The quantitative estimate of drug-likeness (QED) is 0.515. The zero-order valence-corrected chi connectivity index (χ0v) is 16.9. The van der Waals surface area contributed by atoms with Gasteiger partial charge < -0.3 is 9.88 Å². The van der Waals surface area contributed by atoms with Crippen LogP contribution >= 0.6 is 27.7 Å². The average molecular weight is 436 g/mol. The summed E-state index contributed by atoms with van der Waals surface area (Å²) in [5, 5.41) is 12.3. The van der Waals surface area contributed by atoms with Crippen molar-refractivity contribution in [3.63, 3.8) is 0 Å². The van der Waals surface area contributed by atoms with E-state index in [1.807, 2.05) is 12.1 Å². The Balaban J connectivity index is 1.63. The van der Waals surface area contributed by atoms with Crippen LogP contribution < -0.4 is 5.32 Å². The van der Waals surface area contributed by atoms with E-state index in [9.17, 15) is 4.79 Å². The summed E-state index contributed by atoms with van der Waals surface area (Å²) in [5.74, 6) is 2.18. The predicted octanol–water partition coefficient (Wildman–Crippen LogP) is 4.40. The van der Waals surface area contributed by atoms with Gasteiger partial charge in [-0.1, -0.05) is 37.1 Å². The van der Waals surface area contributed by atoms with Crippen molar-refractivity contribution >= 4 is 39.4 Å². The number of pyridine rings is 1. The number of nitrogens with zero attached hydrogens (tertiary/aromatic N) is 4. The van der Waals surface area contributed by atoms with Gasteiger partial charge in [0.1, 0.15) is 11.6 Å². The summed E-state index contributed by atoms with van der Waals surface area (Å²) >= 11 is 4.72. The molecule has 1 saturated carbocycles. The van der Waals surface area contributed by atoms with Crippen molar-refractivity contribution in [2.24, 2.45) is 0 Å². The van der Waals surface area contributed by atoms with Crippen molar-refractivity contribution in [2.75, 3.05) is 11.1 Å². The van der Waals surface area contributed by atoms with Gasteiger partial charge >= 0.3 is 0 Å². The van der Waals surface area contributed by atoms with Crippen LogP contribution in [0.3, 0.4) is 0 Å². The van der Waals surface area contributed by atoms with E-state index in [2.05, 4.69) is 47.6 Å². The molecule has 1 N–H and O–H groups in total. The lowest BCUT2D eigenvalue weighted by molar-refractivity contribution is -0.113. The zero-order chi connectivity index (χ0) is 18.4. The molecule has 2 aromatic rings. The van der Waals surface area contributed by atoms with Crippen LogP contribution in [0.2, 0.25) is 0 Å². The first-order valence-corrected chi connectivity index (χ1v) is 10.5. The molecule has 0 aromatic carbocycles. The van der Waals surface area contributed by atoms with E-state index in [0.717, 1.165) is 28.3 Å². The van der Waals surface area contributed by atoms with Gasteiger partial charge in [-0.3, -0.25) is 4.79 Å². The third kappa shape index (κ3) is 4.94. The number of amides is 1. The van der Waals surface area contributed by atoms with Crippen LogP contribution in [0.4, 0.5) is 5.82 Å². The lowest BCUT2D eigenvalue weighted by Gasteiger charge is -2.21. The lowest BCUT2D eigenvalue weighted by atomic mass is 9.89. The summed E-state index contributed by atoms with van der Waals surface area (Å²) in [4.78, 5) is 16.3. The summed E-state index contributed by atoms with van der Waals surface area (Å²) in [6.07, 6.45) is 9.63. The molecule has 3 rings (SSSR count). The monoisotopic (exact) mass is 435 g/mol. The molecule has 6 nitrogen and oxygen atoms in total. The molecule has 8 heteroatoms. The topological polar surface area (TPSA) is 72.7 Å². The predicted molar refractivity (Wildman–Crippen MR) is 107 cm³/mol. The fraction of sp³-hybridized carbons (Fsp3) is 0.444. The number of nitrogens with one attached hydrogen (secondary N) is 1. The van der Waals surface area contributed by atoms with Crippen molar-refractivity contribution in [3.05, 3.63) is 41.3 Å². The summed E-state index contributed by atoms with van der Waals surface area (Å²) in [7, 11) is 0. The van der Waals surface area contributed by atoms with E-state index in [4.69, 9.17) is 0 Å². The number of thioether (sulfide) groups is 1. The molecule has 1 aliphatic rings. The summed E-state index contributed by atoms with van der Waals surface area (Å²) in [6, 6.07) is 3.60. The average Bonchev–Trinajstić information content (AvgIpc) is 3.06. The van der Waals surface area contributed by atoms with Gasteiger partial charge in [0.2, 0.25) is 5.91 Å².